The molecule has 0 aromatic carbocycles. The maximum atomic E-state index is 12.3. The standard InChI is InChI=1S/C13H23O4P/c14-11-18(15,16-12-7-3-1-4-8-12)17-13-9-5-2-6-10-13/h11-13H,1-10H2. The van der Waals surface area contributed by atoms with E-state index in [-0.39, 0.29) is 12.2 Å². The van der Waals surface area contributed by atoms with Crippen LogP contribution in [-0.4, -0.2) is 18.2 Å². The Balaban J connectivity index is 1.87. The normalized spacial score (nSPS) is 24.0. The Morgan fingerprint density at radius 2 is 1.17 bits per heavy atom. The van der Waals surface area contributed by atoms with Gasteiger partial charge >= 0.3 is 7.60 Å². The zero-order valence-electron chi connectivity index (χ0n) is 10.9. The maximum Gasteiger partial charge on any atom is 0.394 e. The van der Waals surface area contributed by atoms with Crippen LogP contribution in [0.2, 0.25) is 0 Å². The van der Waals surface area contributed by atoms with Crippen LogP contribution in [0.5, 0.6) is 0 Å². The third-order valence-corrected chi connectivity index (χ3v) is 5.27. The third-order valence-electron chi connectivity index (χ3n) is 3.83. The van der Waals surface area contributed by atoms with E-state index >= 15 is 0 Å². The minimum absolute atomic E-state index is 0.0571. The lowest BCUT2D eigenvalue weighted by Crippen LogP contribution is -2.20. The molecule has 0 aliphatic heterocycles. The summed E-state index contributed by atoms with van der Waals surface area (Å²) in [5.41, 5.74) is 0. The van der Waals surface area contributed by atoms with Gasteiger partial charge in [0.2, 0.25) is 6.03 Å². The molecule has 2 aliphatic carbocycles. The molecule has 0 amide bonds. The predicted molar refractivity (Wildman–Crippen MR) is 70.3 cm³/mol. The van der Waals surface area contributed by atoms with Crippen molar-refractivity contribution in [3.63, 3.8) is 0 Å². The van der Waals surface area contributed by atoms with Crippen molar-refractivity contribution in [2.24, 2.45) is 0 Å². The molecule has 0 spiro atoms. The number of hydrogen-bond acceptors (Lipinski definition) is 4. The van der Waals surface area contributed by atoms with Crippen molar-refractivity contribution >= 4 is 13.6 Å². The molecular weight excluding hydrogens is 251 g/mol. The molecule has 0 aromatic rings. The average molecular weight is 274 g/mol. The second kappa shape index (κ2) is 6.83. The molecule has 2 aliphatic rings. The van der Waals surface area contributed by atoms with E-state index < -0.39 is 7.60 Å². The summed E-state index contributed by atoms with van der Waals surface area (Å²) < 4.78 is 23.3. The minimum Gasteiger partial charge on any atom is -0.300 e. The third kappa shape index (κ3) is 4.18. The molecule has 0 saturated heterocycles. The van der Waals surface area contributed by atoms with Gasteiger partial charge in [0.05, 0.1) is 12.2 Å². The van der Waals surface area contributed by atoms with Crippen molar-refractivity contribution in [2.75, 3.05) is 0 Å². The molecule has 4 nitrogen and oxygen atoms in total. The molecule has 0 aromatic heterocycles. The molecule has 0 heterocycles. The van der Waals surface area contributed by atoms with Crippen molar-refractivity contribution in [2.45, 2.75) is 76.4 Å². The maximum absolute atomic E-state index is 12.3. The van der Waals surface area contributed by atoms with Gasteiger partial charge in [-0.1, -0.05) is 38.5 Å². The molecule has 0 radical (unpaired) electrons. The highest BCUT2D eigenvalue weighted by molar-refractivity contribution is 7.69. The molecule has 0 bridgehead atoms. The lowest BCUT2D eigenvalue weighted by Gasteiger charge is -2.28. The van der Waals surface area contributed by atoms with Crippen LogP contribution < -0.4 is 0 Å². The number of carbonyl (C=O) groups excluding carboxylic acids is 1. The topological polar surface area (TPSA) is 52.6 Å². The molecule has 104 valence electrons. The number of rotatable bonds is 5. The monoisotopic (exact) mass is 274 g/mol. The Morgan fingerprint density at radius 3 is 1.50 bits per heavy atom. The average Bonchev–Trinajstić information content (AvgIpc) is 2.41. The van der Waals surface area contributed by atoms with E-state index in [1.807, 2.05) is 0 Å². The van der Waals surface area contributed by atoms with E-state index in [0.29, 0.717) is 6.03 Å². The van der Waals surface area contributed by atoms with Gasteiger partial charge in [-0.05, 0) is 25.7 Å². The van der Waals surface area contributed by atoms with Gasteiger partial charge in [-0.15, -0.1) is 0 Å². The van der Waals surface area contributed by atoms with E-state index in [1.165, 1.54) is 12.8 Å². The summed E-state index contributed by atoms with van der Waals surface area (Å²) in [6.07, 6.45) is 10.2. The first kappa shape index (κ1) is 14.2. The van der Waals surface area contributed by atoms with Gasteiger partial charge in [0.15, 0.2) is 0 Å². The van der Waals surface area contributed by atoms with Crippen LogP contribution >= 0.6 is 7.60 Å². The van der Waals surface area contributed by atoms with Crippen molar-refractivity contribution in [1.29, 1.82) is 0 Å². The highest BCUT2D eigenvalue weighted by Gasteiger charge is 2.33. The van der Waals surface area contributed by atoms with Crippen molar-refractivity contribution in [3.05, 3.63) is 0 Å². The highest BCUT2D eigenvalue weighted by Crippen LogP contribution is 2.50. The minimum atomic E-state index is -3.52. The van der Waals surface area contributed by atoms with Gasteiger partial charge in [0.25, 0.3) is 0 Å². The van der Waals surface area contributed by atoms with Crippen LogP contribution in [0.25, 0.3) is 0 Å². The molecule has 5 heteroatoms. The van der Waals surface area contributed by atoms with E-state index in [9.17, 15) is 9.36 Å². The number of carbonyl (C=O) groups is 1. The molecular formula is C13H23O4P. The van der Waals surface area contributed by atoms with Crippen molar-refractivity contribution in [1.82, 2.24) is 0 Å². The molecule has 2 saturated carbocycles. The molecule has 0 N–H and O–H groups in total. The van der Waals surface area contributed by atoms with E-state index in [1.54, 1.807) is 0 Å². The summed E-state index contributed by atoms with van der Waals surface area (Å²) in [6, 6.07) is 0.399. The zero-order chi connectivity index (χ0) is 12.8. The smallest absolute Gasteiger partial charge is 0.300 e. The van der Waals surface area contributed by atoms with Crippen LogP contribution in [0.15, 0.2) is 0 Å². The molecule has 0 unspecified atom stereocenters. The molecule has 2 rings (SSSR count). The van der Waals surface area contributed by atoms with Gasteiger partial charge in [0, 0.05) is 0 Å². The van der Waals surface area contributed by atoms with Crippen LogP contribution in [0.3, 0.4) is 0 Å². The summed E-state index contributed by atoms with van der Waals surface area (Å²) in [5.74, 6) is 0. The Hall–Kier alpha value is -0.180. The molecule has 0 atom stereocenters. The van der Waals surface area contributed by atoms with Gasteiger partial charge in [-0.25, -0.2) is 0 Å². The number of hydrogen-bond donors (Lipinski definition) is 0. The first-order chi connectivity index (χ1) is 8.72. The van der Waals surface area contributed by atoms with E-state index in [4.69, 9.17) is 9.05 Å². The summed E-state index contributed by atoms with van der Waals surface area (Å²) >= 11 is 0. The fraction of sp³-hybridized carbons (Fsp3) is 0.923. The highest BCUT2D eigenvalue weighted by atomic mass is 31.2. The summed E-state index contributed by atoms with van der Waals surface area (Å²) in [4.78, 5) is 11.1. The predicted octanol–water partition coefficient (Wildman–Crippen LogP) is 4.07. The first-order valence-corrected chi connectivity index (χ1v) is 8.76. The quantitative estimate of drug-likeness (QED) is 0.560. The Bertz CT molecular complexity index is 282. The zero-order valence-corrected chi connectivity index (χ0v) is 11.8. The largest absolute Gasteiger partial charge is 0.394 e. The second-order valence-electron chi connectivity index (χ2n) is 5.38. The van der Waals surface area contributed by atoms with Crippen molar-refractivity contribution in [3.8, 4) is 0 Å². The van der Waals surface area contributed by atoms with Gasteiger partial charge in [-0.3, -0.25) is 9.36 Å². The summed E-state index contributed by atoms with van der Waals surface area (Å²) in [5, 5.41) is 0. The summed E-state index contributed by atoms with van der Waals surface area (Å²) in [6.45, 7) is 0. The van der Waals surface area contributed by atoms with Crippen molar-refractivity contribution < 1.29 is 18.4 Å². The van der Waals surface area contributed by atoms with Gasteiger partial charge < -0.3 is 9.05 Å². The lowest BCUT2D eigenvalue weighted by molar-refractivity contribution is 0.0857. The van der Waals surface area contributed by atoms with Crippen LogP contribution in [0, 0.1) is 0 Å². The second-order valence-corrected chi connectivity index (χ2v) is 7.09. The molecule has 18 heavy (non-hydrogen) atoms. The van der Waals surface area contributed by atoms with Gasteiger partial charge in [-0.2, -0.15) is 0 Å². The Labute approximate surface area is 109 Å². The fourth-order valence-electron chi connectivity index (χ4n) is 2.83. The summed E-state index contributed by atoms with van der Waals surface area (Å²) in [7, 11) is -3.52. The Morgan fingerprint density at radius 1 is 0.778 bits per heavy atom. The fourth-order valence-corrected chi connectivity index (χ4v) is 4.23. The van der Waals surface area contributed by atoms with Crippen LogP contribution in [0.1, 0.15) is 64.2 Å². The SMILES string of the molecule is O=CP(=O)(OC1CCCCC1)OC1CCCCC1. The van der Waals surface area contributed by atoms with Gasteiger partial charge in [0.1, 0.15) is 0 Å². The Kier molecular flexibility index (Phi) is 5.40. The van der Waals surface area contributed by atoms with Crippen LogP contribution in [-0.2, 0) is 18.4 Å². The molecule has 2 fully saturated rings. The first-order valence-electron chi connectivity index (χ1n) is 7.15. The van der Waals surface area contributed by atoms with E-state index in [0.717, 1.165) is 51.4 Å². The lowest BCUT2D eigenvalue weighted by atomic mass is 9.98. The van der Waals surface area contributed by atoms with E-state index in [2.05, 4.69) is 0 Å². The van der Waals surface area contributed by atoms with Crippen LogP contribution in [0.4, 0.5) is 0 Å².